The van der Waals surface area contributed by atoms with Gasteiger partial charge in [0.15, 0.2) is 0 Å². The summed E-state index contributed by atoms with van der Waals surface area (Å²) in [5.41, 5.74) is 5.08. The normalized spacial score (nSPS) is 13.1. The summed E-state index contributed by atoms with van der Waals surface area (Å²) in [5.74, 6) is -2.18. The van der Waals surface area contributed by atoms with E-state index in [1.54, 1.807) is 59.7 Å². The lowest BCUT2D eigenvalue weighted by Gasteiger charge is -2.44. The fourth-order valence-corrected chi connectivity index (χ4v) is 4.29. The van der Waals surface area contributed by atoms with Crippen LogP contribution in [0.15, 0.2) is 42.5 Å². The Morgan fingerprint density at radius 2 is 1.65 bits per heavy atom. The zero-order valence-electron chi connectivity index (χ0n) is 24.0. The number of primary amides is 1. The number of benzene rings is 2. The molecule has 0 aromatic heterocycles. The molecule has 2 aromatic rings. The summed E-state index contributed by atoms with van der Waals surface area (Å²) in [5, 5.41) is 15.5. The number of ether oxygens (including phenoxy) is 1. The topological polar surface area (TPSA) is 151 Å². The van der Waals surface area contributed by atoms with E-state index in [-0.39, 0.29) is 5.75 Å². The van der Waals surface area contributed by atoms with E-state index in [1.807, 2.05) is 6.92 Å². The standard InChI is InChI=1S/C29H39ClN4O6/c1-8-29(6,7)34(26(38)21(16-22(31)36)32-27(39)40-28(3,4)5)24(18-12-14-19(35)15-13-18)25(37)33-23-17(2)10-9-11-20(23)30/h9-15,21,24,35H,8,16H2,1-7H3,(H2,31,36)(H,32,39)(H,33,37). The van der Waals surface area contributed by atoms with Crippen molar-refractivity contribution < 1.29 is 29.0 Å². The number of aryl methyl sites for hydroxylation is 1. The number of amides is 4. The van der Waals surface area contributed by atoms with Crippen LogP contribution in [-0.2, 0) is 19.1 Å². The van der Waals surface area contributed by atoms with Gasteiger partial charge in [-0.25, -0.2) is 4.79 Å². The van der Waals surface area contributed by atoms with Crippen molar-refractivity contribution in [2.75, 3.05) is 5.32 Å². The smallest absolute Gasteiger partial charge is 0.408 e. The second-order valence-corrected chi connectivity index (χ2v) is 11.6. The SMILES string of the molecule is CCC(C)(C)N(C(=O)C(CC(N)=O)NC(=O)OC(C)(C)C)C(C(=O)Nc1c(C)cccc1Cl)c1ccc(O)cc1. The molecule has 11 heteroatoms. The molecule has 5 N–H and O–H groups in total. The Bertz CT molecular complexity index is 1220. The van der Waals surface area contributed by atoms with E-state index in [2.05, 4.69) is 10.6 Å². The van der Waals surface area contributed by atoms with E-state index < -0.39 is 53.5 Å². The Morgan fingerprint density at radius 1 is 1.05 bits per heavy atom. The molecule has 4 amide bonds. The number of nitrogens with zero attached hydrogens (tertiary/aromatic N) is 1. The van der Waals surface area contributed by atoms with Crippen molar-refractivity contribution >= 4 is 41.1 Å². The van der Waals surface area contributed by atoms with Crippen molar-refractivity contribution in [1.29, 1.82) is 0 Å². The Kier molecular flexibility index (Phi) is 10.6. The third kappa shape index (κ3) is 8.61. The van der Waals surface area contributed by atoms with Gasteiger partial charge in [0.1, 0.15) is 23.4 Å². The van der Waals surface area contributed by atoms with Gasteiger partial charge in [0, 0.05) is 5.54 Å². The number of alkyl carbamates (subject to hydrolysis) is 1. The predicted molar refractivity (Wildman–Crippen MR) is 154 cm³/mol. The minimum absolute atomic E-state index is 0.0318. The molecule has 0 fully saturated rings. The van der Waals surface area contributed by atoms with Crippen LogP contribution < -0.4 is 16.4 Å². The first-order valence-electron chi connectivity index (χ1n) is 12.9. The minimum atomic E-state index is -1.42. The molecule has 2 aromatic carbocycles. The lowest BCUT2D eigenvalue weighted by Crippen LogP contribution is -2.59. The molecule has 0 radical (unpaired) electrons. The molecule has 2 rings (SSSR count). The van der Waals surface area contributed by atoms with E-state index >= 15 is 0 Å². The Hall–Kier alpha value is -3.79. The van der Waals surface area contributed by atoms with Crippen LogP contribution in [0.25, 0.3) is 0 Å². The maximum absolute atomic E-state index is 14.3. The van der Waals surface area contributed by atoms with E-state index in [0.717, 1.165) is 0 Å². The van der Waals surface area contributed by atoms with Gasteiger partial charge in [-0.15, -0.1) is 0 Å². The van der Waals surface area contributed by atoms with Gasteiger partial charge < -0.3 is 31.1 Å². The Balaban J connectivity index is 2.68. The molecule has 0 heterocycles. The summed E-state index contributed by atoms with van der Waals surface area (Å²) in [6.07, 6.45) is -1.04. The molecule has 0 spiro atoms. The molecule has 0 aliphatic rings. The molecule has 2 unspecified atom stereocenters. The number of halogens is 1. The maximum Gasteiger partial charge on any atom is 0.408 e. The summed E-state index contributed by atoms with van der Waals surface area (Å²) >= 11 is 6.38. The first-order chi connectivity index (χ1) is 18.5. The second kappa shape index (κ2) is 13.0. The highest BCUT2D eigenvalue weighted by atomic mass is 35.5. The summed E-state index contributed by atoms with van der Waals surface area (Å²) < 4.78 is 5.31. The minimum Gasteiger partial charge on any atom is -0.508 e. The van der Waals surface area contributed by atoms with Crippen LogP contribution in [0.2, 0.25) is 5.02 Å². The largest absolute Gasteiger partial charge is 0.508 e. The maximum atomic E-state index is 14.3. The second-order valence-electron chi connectivity index (χ2n) is 11.2. The highest BCUT2D eigenvalue weighted by Crippen LogP contribution is 2.35. The zero-order chi connectivity index (χ0) is 30.4. The van der Waals surface area contributed by atoms with Crippen LogP contribution in [0.4, 0.5) is 10.5 Å². The number of anilines is 1. The quantitative estimate of drug-likeness (QED) is 0.319. The fraction of sp³-hybridized carbons (Fsp3) is 0.448. The van der Waals surface area contributed by atoms with Crippen molar-refractivity contribution in [2.24, 2.45) is 5.73 Å². The molecule has 0 saturated heterocycles. The van der Waals surface area contributed by atoms with Gasteiger partial charge in [-0.1, -0.05) is 42.8 Å². The third-order valence-corrected chi connectivity index (χ3v) is 6.65. The zero-order valence-corrected chi connectivity index (χ0v) is 24.8. The molecule has 2 atom stereocenters. The first-order valence-corrected chi connectivity index (χ1v) is 13.3. The van der Waals surface area contributed by atoms with E-state index in [1.165, 1.54) is 29.2 Å². The van der Waals surface area contributed by atoms with Gasteiger partial charge in [0.05, 0.1) is 17.1 Å². The average molecular weight is 575 g/mol. The summed E-state index contributed by atoms with van der Waals surface area (Å²) in [7, 11) is 0. The van der Waals surface area contributed by atoms with Gasteiger partial charge in [-0.05, 0) is 77.3 Å². The van der Waals surface area contributed by atoms with E-state index in [9.17, 15) is 24.3 Å². The highest BCUT2D eigenvalue weighted by molar-refractivity contribution is 6.34. The summed E-state index contributed by atoms with van der Waals surface area (Å²) in [6, 6.07) is 8.33. The van der Waals surface area contributed by atoms with Crippen molar-refractivity contribution in [3.8, 4) is 5.75 Å². The number of hydrogen-bond donors (Lipinski definition) is 4. The first kappa shape index (κ1) is 32.4. The number of phenolic OH excluding ortho intramolecular Hbond substituents is 1. The van der Waals surface area contributed by atoms with Crippen LogP contribution in [0.5, 0.6) is 5.75 Å². The van der Waals surface area contributed by atoms with Crippen LogP contribution in [0, 0.1) is 6.92 Å². The van der Waals surface area contributed by atoms with Gasteiger partial charge >= 0.3 is 6.09 Å². The number of phenols is 1. The van der Waals surface area contributed by atoms with Crippen molar-refractivity contribution in [3.63, 3.8) is 0 Å². The molecular formula is C29H39ClN4O6. The van der Waals surface area contributed by atoms with E-state index in [0.29, 0.717) is 28.3 Å². The van der Waals surface area contributed by atoms with E-state index in [4.69, 9.17) is 22.1 Å². The van der Waals surface area contributed by atoms with Crippen molar-refractivity contribution in [1.82, 2.24) is 10.2 Å². The molecule has 218 valence electrons. The Morgan fingerprint density at radius 3 is 2.15 bits per heavy atom. The average Bonchev–Trinajstić information content (AvgIpc) is 2.83. The lowest BCUT2D eigenvalue weighted by molar-refractivity contribution is -0.148. The highest BCUT2D eigenvalue weighted by Gasteiger charge is 2.43. The number of para-hydroxylation sites is 1. The number of hydrogen-bond acceptors (Lipinski definition) is 6. The number of aromatic hydroxyl groups is 1. The monoisotopic (exact) mass is 574 g/mol. The molecule has 0 bridgehead atoms. The summed E-state index contributed by atoms with van der Waals surface area (Å²) in [6.45, 7) is 12.1. The molecule has 0 aliphatic carbocycles. The van der Waals surface area contributed by atoms with Crippen molar-refractivity contribution in [3.05, 3.63) is 58.6 Å². The molecule has 40 heavy (non-hydrogen) atoms. The number of rotatable bonds is 10. The van der Waals surface area contributed by atoms with Crippen LogP contribution in [-0.4, -0.2) is 51.0 Å². The lowest BCUT2D eigenvalue weighted by atomic mass is 9.91. The molecule has 0 aliphatic heterocycles. The molecular weight excluding hydrogens is 536 g/mol. The van der Waals surface area contributed by atoms with Gasteiger partial charge in [0.2, 0.25) is 11.8 Å². The number of nitrogens with one attached hydrogen (secondary N) is 2. The van der Waals surface area contributed by atoms with Gasteiger partial charge in [0.25, 0.3) is 5.91 Å². The Labute approximate surface area is 240 Å². The molecule has 10 nitrogen and oxygen atoms in total. The number of carbonyl (C=O) groups is 4. The van der Waals surface area contributed by atoms with Gasteiger partial charge in [-0.2, -0.15) is 0 Å². The number of carbonyl (C=O) groups excluding carboxylic acids is 4. The predicted octanol–water partition coefficient (Wildman–Crippen LogP) is 4.82. The van der Waals surface area contributed by atoms with Crippen LogP contribution >= 0.6 is 11.6 Å². The summed E-state index contributed by atoms with van der Waals surface area (Å²) in [4.78, 5) is 54.2. The van der Waals surface area contributed by atoms with Crippen LogP contribution in [0.3, 0.4) is 0 Å². The number of nitrogens with two attached hydrogens (primary N) is 1. The van der Waals surface area contributed by atoms with Crippen molar-refractivity contribution in [2.45, 2.75) is 84.5 Å². The fourth-order valence-electron chi connectivity index (χ4n) is 4.02. The molecule has 0 saturated carbocycles. The van der Waals surface area contributed by atoms with Gasteiger partial charge in [-0.3, -0.25) is 14.4 Å². The van der Waals surface area contributed by atoms with Crippen LogP contribution in [0.1, 0.15) is 71.6 Å². The third-order valence-electron chi connectivity index (χ3n) is 6.33.